The van der Waals surface area contributed by atoms with Gasteiger partial charge in [0, 0.05) is 21.2 Å². The molecule has 30 heavy (non-hydrogen) atoms. The monoisotopic (exact) mass is 457 g/mol. The van der Waals surface area contributed by atoms with Gasteiger partial charge in [0.05, 0.1) is 18.1 Å². The Morgan fingerprint density at radius 1 is 1.10 bits per heavy atom. The molecule has 2 aromatic carbocycles. The number of carboxylic acids is 1. The number of aliphatic imine (C=N–C) groups is 1. The first-order valence-corrected chi connectivity index (χ1v) is 9.81. The molecule has 0 unspecified atom stereocenters. The van der Waals surface area contributed by atoms with Crippen molar-refractivity contribution in [2.45, 2.75) is 6.42 Å². The van der Waals surface area contributed by atoms with E-state index in [0.717, 1.165) is 0 Å². The predicted molar refractivity (Wildman–Crippen MR) is 116 cm³/mol. The number of hydrogen-bond donors (Lipinski definition) is 0. The molecule has 150 valence electrons. The van der Waals surface area contributed by atoms with Gasteiger partial charge in [0.25, 0.3) is 5.91 Å². The second-order valence-corrected chi connectivity index (χ2v) is 7.59. The number of furan rings is 1. The molecule has 0 saturated heterocycles. The van der Waals surface area contributed by atoms with E-state index in [4.69, 9.17) is 39.8 Å². The van der Waals surface area contributed by atoms with Gasteiger partial charge >= 0.3 is 0 Å². The number of halogens is 2. The zero-order valence-corrected chi connectivity index (χ0v) is 17.4. The Hall–Kier alpha value is -3.00. The Kier molecular flexibility index (Phi) is 5.42. The number of anilines is 1. The van der Waals surface area contributed by atoms with Crippen LogP contribution in [0.4, 0.5) is 5.69 Å². The third-order valence-electron chi connectivity index (χ3n) is 4.43. The molecule has 0 radical (unpaired) electrons. The molecule has 6 nitrogen and oxygen atoms in total. The van der Waals surface area contributed by atoms with Crippen molar-refractivity contribution in [2.24, 2.45) is 4.99 Å². The van der Waals surface area contributed by atoms with E-state index >= 15 is 0 Å². The Morgan fingerprint density at radius 2 is 1.83 bits per heavy atom. The maximum atomic E-state index is 12.8. The van der Waals surface area contributed by atoms with Gasteiger partial charge in [-0.25, -0.2) is 4.99 Å². The van der Waals surface area contributed by atoms with Gasteiger partial charge in [0.2, 0.25) is 5.11 Å². The second-order valence-electron chi connectivity index (χ2n) is 6.38. The molecule has 4 rings (SSSR count). The van der Waals surface area contributed by atoms with E-state index in [2.05, 4.69) is 4.99 Å². The maximum absolute atomic E-state index is 12.8. The van der Waals surface area contributed by atoms with Crippen molar-refractivity contribution < 1.29 is 19.1 Å². The minimum Gasteiger partial charge on any atom is -0.545 e. The molecule has 0 spiro atoms. The number of hydrogen-bond acceptors (Lipinski definition) is 5. The maximum Gasteiger partial charge on any atom is 0.279 e. The normalized spacial score (nSPS) is 13.7. The van der Waals surface area contributed by atoms with Gasteiger partial charge in [-0.1, -0.05) is 23.2 Å². The Morgan fingerprint density at radius 3 is 2.53 bits per heavy atom. The highest BCUT2D eigenvalue weighted by atomic mass is 35.5. The largest absolute Gasteiger partial charge is 0.545 e. The zero-order chi connectivity index (χ0) is 21.4. The molecule has 9 heteroatoms. The standard InChI is InChI=1S/C21H12Cl2N2O4S/c22-12-2-4-13(5-3-12)25-19(26)17(24-21(25)30)10-14-6-8-18(29-14)11-1-7-16(23)15(9-11)20(27)28/h1-9H,10H2,(H,27,28)/p-1. The van der Waals surface area contributed by atoms with Crippen molar-refractivity contribution >= 4 is 63.8 Å². The average Bonchev–Trinajstić information content (AvgIpc) is 3.28. The lowest BCUT2D eigenvalue weighted by atomic mass is 10.1. The van der Waals surface area contributed by atoms with E-state index < -0.39 is 5.97 Å². The van der Waals surface area contributed by atoms with Gasteiger partial charge in [-0.15, -0.1) is 0 Å². The molecule has 1 aliphatic heterocycles. The van der Waals surface area contributed by atoms with E-state index in [1.165, 1.54) is 17.0 Å². The fraction of sp³-hybridized carbons (Fsp3) is 0.0476. The van der Waals surface area contributed by atoms with Crippen LogP contribution in [0.5, 0.6) is 0 Å². The highest BCUT2D eigenvalue weighted by Crippen LogP contribution is 2.28. The Bertz CT molecular complexity index is 1220. The summed E-state index contributed by atoms with van der Waals surface area (Å²) in [5.41, 5.74) is 1.20. The SMILES string of the molecule is O=C([O-])c1cc(-c2ccc(CC3=NC(=S)N(c4ccc(Cl)cc4)C3=O)o2)ccc1Cl. The zero-order valence-electron chi connectivity index (χ0n) is 15.1. The minimum atomic E-state index is -1.38. The molecule has 2 heterocycles. The van der Waals surface area contributed by atoms with Crippen LogP contribution in [0.15, 0.2) is 64.0 Å². The number of nitrogens with zero attached hydrogens (tertiary/aromatic N) is 2. The van der Waals surface area contributed by atoms with E-state index in [1.54, 1.807) is 42.5 Å². The number of carbonyl (C=O) groups is 2. The molecular formula is C21H11Cl2N2O4S-. The molecule has 1 aromatic heterocycles. The first-order chi connectivity index (χ1) is 14.3. The fourth-order valence-electron chi connectivity index (χ4n) is 2.99. The van der Waals surface area contributed by atoms with Crippen LogP contribution < -0.4 is 10.0 Å². The van der Waals surface area contributed by atoms with Gasteiger partial charge in [-0.2, -0.15) is 0 Å². The summed E-state index contributed by atoms with van der Waals surface area (Å²) in [5.74, 6) is -0.823. The van der Waals surface area contributed by atoms with Crippen LogP contribution >= 0.6 is 35.4 Å². The van der Waals surface area contributed by atoms with Gasteiger partial charge in [0.1, 0.15) is 17.2 Å². The molecule has 0 saturated carbocycles. The van der Waals surface area contributed by atoms with Gasteiger partial charge in [0.15, 0.2) is 0 Å². The fourth-order valence-corrected chi connectivity index (χ4v) is 3.61. The van der Waals surface area contributed by atoms with Crippen molar-refractivity contribution in [3.8, 4) is 11.3 Å². The average molecular weight is 458 g/mol. The molecule has 1 aliphatic rings. The lowest BCUT2D eigenvalue weighted by Crippen LogP contribution is -2.33. The molecule has 1 amide bonds. The summed E-state index contributed by atoms with van der Waals surface area (Å²) in [6.45, 7) is 0. The van der Waals surface area contributed by atoms with Crippen molar-refractivity contribution in [3.63, 3.8) is 0 Å². The van der Waals surface area contributed by atoms with Crippen LogP contribution in [0.3, 0.4) is 0 Å². The third-order valence-corrected chi connectivity index (χ3v) is 5.29. The van der Waals surface area contributed by atoms with Crippen molar-refractivity contribution in [1.82, 2.24) is 0 Å². The first-order valence-electron chi connectivity index (χ1n) is 8.65. The van der Waals surface area contributed by atoms with E-state index in [-0.39, 0.29) is 33.7 Å². The molecule has 3 aromatic rings. The Balaban J connectivity index is 1.54. The summed E-state index contributed by atoms with van der Waals surface area (Å²) in [6.07, 6.45) is 0.129. The van der Waals surface area contributed by atoms with E-state index in [1.807, 2.05) is 0 Å². The van der Waals surface area contributed by atoms with Crippen LogP contribution in [0.25, 0.3) is 11.3 Å². The quantitative estimate of drug-likeness (QED) is 0.541. The molecule has 0 atom stereocenters. The number of thiocarbonyl (C=S) groups is 1. The number of rotatable bonds is 5. The smallest absolute Gasteiger partial charge is 0.279 e. The van der Waals surface area contributed by atoms with Crippen molar-refractivity contribution in [1.29, 1.82) is 0 Å². The van der Waals surface area contributed by atoms with Gasteiger partial charge in [-0.05, 0) is 66.8 Å². The van der Waals surface area contributed by atoms with Gasteiger partial charge in [-0.3, -0.25) is 9.69 Å². The summed E-state index contributed by atoms with van der Waals surface area (Å²) in [5, 5.41) is 11.9. The second kappa shape index (κ2) is 8.02. The van der Waals surface area contributed by atoms with E-state index in [0.29, 0.717) is 27.8 Å². The Labute approximate surface area is 186 Å². The highest BCUT2D eigenvalue weighted by Gasteiger charge is 2.32. The number of amides is 1. The number of carboxylic acid groups (broad SMARTS) is 1. The summed E-state index contributed by atoms with van der Waals surface area (Å²) in [7, 11) is 0. The van der Waals surface area contributed by atoms with Crippen LogP contribution in [-0.2, 0) is 11.2 Å². The van der Waals surface area contributed by atoms with Crippen molar-refractivity contribution in [3.05, 3.63) is 76.0 Å². The van der Waals surface area contributed by atoms with Gasteiger partial charge < -0.3 is 14.3 Å². The topological polar surface area (TPSA) is 85.9 Å². The van der Waals surface area contributed by atoms with E-state index in [9.17, 15) is 14.7 Å². The third kappa shape index (κ3) is 3.87. The lowest BCUT2D eigenvalue weighted by molar-refractivity contribution is -0.255. The molecular weight excluding hydrogens is 447 g/mol. The lowest BCUT2D eigenvalue weighted by Gasteiger charge is -2.14. The van der Waals surface area contributed by atoms with Crippen LogP contribution in [0.1, 0.15) is 16.1 Å². The number of carbonyl (C=O) groups excluding carboxylic acids is 2. The number of aromatic carboxylic acids is 1. The van der Waals surface area contributed by atoms with Crippen LogP contribution in [0.2, 0.25) is 10.0 Å². The van der Waals surface area contributed by atoms with Crippen LogP contribution in [0, 0.1) is 0 Å². The summed E-state index contributed by atoms with van der Waals surface area (Å²) in [4.78, 5) is 29.5. The van der Waals surface area contributed by atoms with Crippen LogP contribution in [-0.4, -0.2) is 22.7 Å². The molecule has 0 fully saturated rings. The molecule has 0 aliphatic carbocycles. The predicted octanol–water partition coefficient (Wildman–Crippen LogP) is 3.93. The minimum absolute atomic E-state index is 0.0761. The molecule has 0 bridgehead atoms. The van der Waals surface area contributed by atoms with Crippen molar-refractivity contribution in [2.75, 3.05) is 4.90 Å². The molecule has 0 N–H and O–H groups in total. The summed E-state index contributed by atoms with van der Waals surface area (Å²) >= 11 is 17.0. The number of benzene rings is 2. The highest BCUT2D eigenvalue weighted by molar-refractivity contribution is 7.80. The summed E-state index contributed by atoms with van der Waals surface area (Å²) < 4.78 is 5.78. The first kappa shape index (κ1) is 20.3. The summed E-state index contributed by atoms with van der Waals surface area (Å²) in [6, 6.07) is 14.5.